The number of rotatable bonds is 6. The first-order valence-corrected chi connectivity index (χ1v) is 5.57. The van der Waals surface area contributed by atoms with E-state index in [0.29, 0.717) is 6.54 Å². The summed E-state index contributed by atoms with van der Waals surface area (Å²) in [6, 6.07) is -0.152. The highest BCUT2D eigenvalue weighted by Gasteiger charge is 2.25. The number of nitrogens with one attached hydrogen (secondary N) is 1. The number of ether oxygens (including phenoxy) is 1. The maximum atomic E-state index is 11.2. The SMILES string of the molecule is CCOCCCN1CCNCC1C(N)=O. The lowest BCUT2D eigenvalue weighted by atomic mass is 10.1. The number of carbonyl (C=O) groups is 1. The molecule has 0 bridgehead atoms. The Hall–Kier alpha value is -0.650. The van der Waals surface area contributed by atoms with Crippen LogP contribution in [0.25, 0.3) is 0 Å². The highest BCUT2D eigenvalue weighted by molar-refractivity contribution is 5.80. The summed E-state index contributed by atoms with van der Waals surface area (Å²) < 4.78 is 5.26. The lowest BCUT2D eigenvalue weighted by molar-refractivity contribution is -0.123. The number of hydrogen-bond acceptors (Lipinski definition) is 4. The van der Waals surface area contributed by atoms with Crippen molar-refractivity contribution in [1.82, 2.24) is 10.2 Å². The van der Waals surface area contributed by atoms with E-state index in [9.17, 15) is 4.79 Å². The molecule has 1 fully saturated rings. The summed E-state index contributed by atoms with van der Waals surface area (Å²) in [6.45, 7) is 6.86. The van der Waals surface area contributed by atoms with Gasteiger partial charge in [0, 0.05) is 39.4 Å². The molecule has 1 aliphatic heterocycles. The number of primary amides is 1. The summed E-state index contributed by atoms with van der Waals surface area (Å²) >= 11 is 0. The summed E-state index contributed by atoms with van der Waals surface area (Å²) in [6.07, 6.45) is 0.956. The number of nitrogens with two attached hydrogens (primary N) is 1. The Bertz CT molecular complexity index is 199. The van der Waals surface area contributed by atoms with Crippen molar-refractivity contribution in [3.8, 4) is 0 Å². The van der Waals surface area contributed by atoms with Crippen molar-refractivity contribution < 1.29 is 9.53 Å². The van der Waals surface area contributed by atoms with Crippen LogP contribution in [0.3, 0.4) is 0 Å². The van der Waals surface area contributed by atoms with Gasteiger partial charge in [0.2, 0.25) is 5.91 Å². The standard InChI is InChI=1S/C10H21N3O2/c1-2-15-7-3-5-13-6-4-12-8-9(13)10(11)14/h9,12H,2-8H2,1H3,(H2,11,14). The molecule has 0 aromatic rings. The van der Waals surface area contributed by atoms with Gasteiger partial charge in [0.1, 0.15) is 6.04 Å². The molecule has 0 aromatic heterocycles. The van der Waals surface area contributed by atoms with Crippen molar-refractivity contribution >= 4 is 5.91 Å². The fourth-order valence-electron chi connectivity index (χ4n) is 1.81. The molecule has 0 aromatic carbocycles. The van der Waals surface area contributed by atoms with Crippen molar-refractivity contribution in [1.29, 1.82) is 0 Å². The van der Waals surface area contributed by atoms with Crippen LogP contribution in [0.15, 0.2) is 0 Å². The van der Waals surface area contributed by atoms with Crippen molar-refractivity contribution in [3.05, 3.63) is 0 Å². The third kappa shape index (κ3) is 4.15. The average molecular weight is 215 g/mol. The lowest BCUT2D eigenvalue weighted by Crippen LogP contribution is -2.57. The Balaban J connectivity index is 2.26. The molecule has 0 radical (unpaired) electrons. The smallest absolute Gasteiger partial charge is 0.236 e. The summed E-state index contributed by atoms with van der Waals surface area (Å²) in [5.74, 6) is -0.237. The van der Waals surface area contributed by atoms with Crippen LogP contribution in [0.1, 0.15) is 13.3 Å². The van der Waals surface area contributed by atoms with Crippen molar-refractivity contribution in [2.45, 2.75) is 19.4 Å². The molecular formula is C10H21N3O2. The van der Waals surface area contributed by atoms with Gasteiger partial charge in [-0.15, -0.1) is 0 Å². The van der Waals surface area contributed by atoms with Gasteiger partial charge in [-0.05, 0) is 13.3 Å². The van der Waals surface area contributed by atoms with Gasteiger partial charge in [0.25, 0.3) is 0 Å². The molecule has 1 unspecified atom stereocenters. The number of hydrogen-bond donors (Lipinski definition) is 2. The van der Waals surface area contributed by atoms with Gasteiger partial charge in [-0.25, -0.2) is 0 Å². The van der Waals surface area contributed by atoms with Gasteiger partial charge in [0.15, 0.2) is 0 Å². The largest absolute Gasteiger partial charge is 0.382 e. The highest BCUT2D eigenvalue weighted by Crippen LogP contribution is 2.03. The molecule has 3 N–H and O–H groups in total. The Kier molecular flexibility index (Phi) is 5.60. The lowest BCUT2D eigenvalue weighted by Gasteiger charge is -2.33. The van der Waals surface area contributed by atoms with E-state index in [1.165, 1.54) is 0 Å². The van der Waals surface area contributed by atoms with Gasteiger partial charge >= 0.3 is 0 Å². The zero-order chi connectivity index (χ0) is 11.1. The monoisotopic (exact) mass is 215 g/mol. The normalized spacial score (nSPS) is 22.9. The molecule has 1 atom stereocenters. The molecule has 1 aliphatic rings. The molecule has 1 rings (SSSR count). The quantitative estimate of drug-likeness (QED) is 0.568. The van der Waals surface area contributed by atoms with Gasteiger partial charge in [0.05, 0.1) is 0 Å². The molecule has 88 valence electrons. The first-order valence-electron chi connectivity index (χ1n) is 5.57. The van der Waals surface area contributed by atoms with Crippen LogP contribution < -0.4 is 11.1 Å². The minimum Gasteiger partial charge on any atom is -0.382 e. The zero-order valence-electron chi connectivity index (χ0n) is 9.37. The second kappa shape index (κ2) is 6.76. The van der Waals surface area contributed by atoms with Crippen LogP contribution in [-0.2, 0) is 9.53 Å². The third-order valence-electron chi connectivity index (χ3n) is 2.62. The van der Waals surface area contributed by atoms with Crippen LogP contribution >= 0.6 is 0 Å². The molecule has 0 aliphatic carbocycles. The summed E-state index contributed by atoms with van der Waals surface area (Å²) in [7, 11) is 0. The van der Waals surface area contributed by atoms with E-state index in [-0.39, 0.29) is 11.9 Å². The molecule has 1 heterocycles. The predicted octanol–water partition coefficient (Wildman–Crippen LogP) is -0.828. The van der Waals surface area contributed by atoms with Crippen molar-refractivity contribution in [3.63, 3.8) is 0 Å². The molecule has 0 spiro atoms. The predicted molar refractivity (Wildman–Crippen MR) is 58.5 cm³/mol. The minimum absolute atomic E-state index is 0.152. The van der Waals surface area contributed by atoms with Crippen LogP contribution in [0, 0.1) is 0 Å². The van der Waals surface area contributed by atoms with Gasteiger partial charge in [-0.3, -0.25) is 9.69 Å². The van der Waals surface area contributed by atoms with Crippen LogP contribution in [0.2, 0.25) is 0 Å². The first-order chi connectivity index (χ1) is 7.25. The minimum atomic E-state index is -0.237. The van der Waals surface area contributed by atoms with E-state index in [1.54, 1.807) is 0 Å². The van der Waals surface area contributed by atoms with Crippen LogP contribution in [0.5, 0.6) is 0 Å². The molecule has 5 nitrogen and oxygen atoms in total. The average Bonchev–Trinajstić information content (AvgIpc) is 2.25. The van der Waals surface area contributed by atoms with Crippen LogP contribution in [0.4, 0.5) is 0 Å². The fourth-order valence-corrected chi connectivity index (χ4v) is 1.81. The molecule has 0 saturated carbocycles. The zero-order valence-corrected chi connectivity index (χ0v) is 9.37. The van der Waals surface area contributed by atoms with E-state index in [0.717, 1.165) is 39.3 Å². The Morgan fingerprint density at radius 1 is 1.67 bits per heavy atom. The molecular weight excluding hydrogens is 194 g/mol. The van der Waals surface area contributed by atoms with E-state index in [1.807, 2.05) is 6.92 Å². The summed E-state index contributed by atoms with van der Waals surface area (Å²) in [4.78, 5) is 13.3. The second-order valence-electron chi connectivity index (χ2n) is 3.71. The van der Waals surface area contributed by atoms with E-state index in [4.69, 9.17) is 10.5 Å². The Labute approximate surface area is 90.9 Å². The number of piperazine rings is 1. The maximum absolute atomic E-state index is 11.2. The third-order valence-corrected chi connectivity index (χ3v) is 2.62. The summed E-state index contributed by atoms with van der Waals surface area (Å²) in [5.41, 5.74) is 5.34. The second-order valence-corrected chi connectivity index (χ2v) is 3.71. The summed E-state index contributed by atoms with van der Waals surface area (Å²) in [5, 5.41) is 3.17. The van der Waals surface area contributed by atoms with E-state index < -0.39 is 0 Å². The topological polar surface area (TPSA) is 67.6 Å². The van der Waals surface area contributed by atoms with Crippen molar-refractivity contribution in [2.24, 2.45) is 5.73 Å². The fraction of sp³-hybridized carbons (Fsp3) is 0.900. The molecule has 1 amide bonds. The maximum Gasteiger partial charge on any atom is 0.236 e. The van der Waals surface area contributed by atoms with Gasteiger partial charge < -0.3 is 15.8 Å². The Morgan fingerprint density at radius 2 is 2.47 bits per heavy atom. The highest BCUT2D eigenvalue weighted by atomic mass is 16.5. The molecule has 5 heteroatoms. The Morgan fingerprint density at radius 3 is 3.13 bits per heavy atom. The van der Waals surface area contributed by atoms with E-state index >= 15 is 0 Å². The molecule has 15 heavy (non-hydrogen) atoms. The first kappa shape index (κ1) is 12.4. The van der Waals surface area contributed by atoms with E-state index in [2.05, 4.69) is 10.2 Å². The van der Waals surface area contributed by atoms with Crippen LogP contribution in [-0.4, -0.2) is 56.2 Å². The number of nitrogens with zero attached hydrogens (tertiary/aromatic N) is 1. The molecule has 1 saturated heterocycles. The number of amides is 1. The van der Waals surface area contributed by atoms with Crippen molar-refractivity contribution in [2.75, 3.05) is 39.4 Å². The number of carbonyl (C=O) groups excluding carboxylic acids is 1. The van der Waals surface area contributed by atoms with Gasteiger partial charge in [-0.1, -0.05) is 0 Å². The van der Waals surface area contributed by atoms with Gasteiger partial charge in [-0.2, -0.15) is 0 Å².